The highest BCUT2D eigenvalue weighted by Gasteiger charge is 2.11. The minimum atomic E-state index is -0.999. The van der Waals surface area contributed by atoms with Crippen LogP contribution in [0.2, 0.25) is 0 Å². The van der Waals surface area contributed by atoms with Crippen LogP contribution in [0.15, 0.2) is 0 Å². The lowest BCUT2D eigenvalue weighted by Gasteiger charge is -2.07. The monoisotopic (exact) mass is 432 g/mol. The second-order valence-electron chi connectivity index (χ2n) is 7.12. The number of nitrogens with one attached hydrogen (secondary N) is 1. The van der Waals surface area contributed by atoms with Crippen molar-refractivity contribution in [1.29, 1.82) is 0 Å². The smallest absolute Gasteiger partial charge is 0.320 e. The maximum atomic E-state index is 11.8. The summed E-state index contributed by atoms with van der Waals surface area (Å²) in [7, 11) is 0. The summed E-state index contributed by atoms with van der Waals surface area (Å²) in [6.45, 7) is 6.08. The molecule has 0 unspecified atom stereocenters. The molecule has 0 aliphatic carbocycles. The van der Waals surface area contributed by atoms with Crippen LogP contribution in [0.3, 0.4) is 0 Å². The van der Waals surface area contributed by atoms with Gasteiger partial charge in [-0.2, -0.15) is 0 Å². The number of carboxylic acid groups (broad SMARTS) is 1. The van der Waals surface area contributed by atoms with Crippen LogP contribution in [0.5, 0.6) is 0 Å². The van der Waals surface area contributed by atoms with E-state index < -0.39 is 12.0 Å². The Labute approximate surface area is 180 Å². The topological polar surface area (TPSA) is 137 Å². The van der Waals surface area contributed by atoms with Crippen molar-refractivity contribution in [1.82, 2.24) is 5.32 Å². The molecule has 0 saturated heterocycles. The van der Waals surface area contributed by atoms with E-state index >= 15 is 0 Å². The maximum absolute atomic E-state index is 11.8. The van der Waals surface area contributed by atoms with Crippen LogP contribution in [-0.4, -0.2) is 75.0 Å². The number of hydrogen-bond acceptors (Lipinski definition) is 7. The van der Waals surface area contributed by atoms with Crippen molar-refractivity contribution in [2.75, 3.05) is 46.2 Å². The number of unbranched alkanes of at least 4 members (excludes halogenated alkanes) is 2. The van der Waals surface area contributed by atoms with Gasteiger partial charge < -0.3 is 30.4 Å². The Morgan fingerprint density at radius 1 is 0.833 bits per heavy atom. The summed E-state index contributed by atoms with van der Waals surface area (Å²) >= 11 is 0. The van der Waals surface area contributed by atoms with Gasteiger partial charge in [-0.05, 0) is 25.7 Å². The summed E-state index contributed by atoms with van der Waals surface area (Å²) in [6.07, 6.45) is 5.10. The molecule has 1 amide bonds. The van der Waals surface area contributed by atoms with E-state index in [1.165, 1.54) is 0 Å². The molecule has 0 aromatic heterocycles. The maximum Gasteiger partial charge on any atom is 0.320 e. The minimum absolute atomic E-state index is 0.0520. The fourth-order valence-electron chi connectivity index (χ4n) is 2.54. The van der Waals surface area contributed by atoms with Crippen molar-refractivity contribution >= 4 is 17.7 Å². The summed E-state index contributed by atoms with van der Waals surface area (Å²) in [5.41, 5.74) is 5.42. The highest BCUT2D eigenvalue weighted by Crippen LogP contribution is 2.07. The van der Waals surface area contributed by atoms with Crippen molar-refractivity contribution in [3.8, 4) is 0 Å². The third-order valence-corrected chi connectivity index (χ3v) is 4.30. The zero-order valence-electron chi connectivity index (χ0n) is 18.4. The Hall–Kier alpha value is -1.55. The molecule has 0 heterocycles. The first-order chi connectivity index (χ1) is 14.5. The average Bonchev–Trinajstić information content (AvgIpc) is 2.72. The Morgan fingerprint density at radius 3 is 2.10 bits per heavy atom. The minimum Gasteiger partial charge on any atom is -0.480 e. The van der Waals surface area contributed by atoms with Crippen LogP contribution < -0.4 is 11.1 Å². The van der Waals surface area contributed by atoms with Gasteiger partial charge in [-0.3, -0.25) is 14.4 Å². The van der Waals surface area contributed by atoms with Crippen LogP contribution in [0.1, 0.15) is 64.7 Å². The van der Waals surface area contributed by atoms with Gasteiger partial charge in [0.05, 0.1) is 26.4 Å². The van der Waals surface area contributed by atoms with Gasteiger partial charge in [0.2, 0.25) is 5.91 Å². The molecule has 9 nitrogen and oxygen atoms in total. The quantitative estimate of drug-likeness (QED) is 0.220. The standard InChI is InChI=1S/C21H40N2O7/c1-2-12-28-14-16-30-17-15-29-13-6-11-23-20(25)10-9-18(24)7-4-3-5-8-19(22)21(26)27/h19H,2-17,22H2,1H3,(H,23,25)(H,26,27)/t19-/m0/s1. The molecule has 0 aromatic carbocycles. The number of rotatable bonds is 22. The first-order valence-electron chi connectivity index (χ1n) is 11.0. The molecule has 0 spiro atoms. The van der Waals surface area contributed by atoms with Crippen LogP contribution in [-0.2, 0) is 28.6 Å². The van der Waals surface area contributed by atoms with E-state index in [0.717, 1.165) is 19.4 Å². The van der Waals surface area contributed by atoms with Crippen molar-refractivity contribution in [3.05, 3.63) is 0 Å². The lowest BCUT2D eigenvalue weighted by atomic mass is 10.0. The number of carbonyl (C=O) groups excluding carboxylic acids is 2. The summed E-state index contributed by atoms with van der Waals surface area (Å²) in [5, 5.41) is 11.5. The van der Waals surface area contributed by atoms with Gasteiger partial charge in [0.25, 0.3) is 0 Å². The van der Waals surface area contributed by atoms with E-state index in [1.807, 2.05) is 0 Å². The Morgan fingerprint density at radius 2 is 1.47 bits per heavy atom. The van der Waals surface area contributed by atoms with Crippen molar-refractivity contribution in [2.24, 2.45) is 5.73 Å². The Bertz CT molecular complexity index is 461. The second-order valence-corrected chi connectivity index (χ2v) is 7.12. The number of carbonyl (C=O) groups is 3. The molecule has 30 heavy (non-hydrogen) atoms. The number of nitrogens with two attached hydrogens (primary N) is 1. The fourth-order valence-corrected chi connectivity index (χ4v) is 2.54. The highest BCUT2D eigenvalue weighted by atomic mass is 16.5. The molecule has 176 valence electrons. The zero-order chi connectivity index (χ0) is 22.5. The number of amides is 1. The fraction of sp³-hybridized carbons (Fsp3) is 0.857. The Balaban J connectivity index is 3.38. The molecule has 0 bridgehead atoms. The van der Waals surface area contributed by atoms with E-state index in [-0.39, 0.29) is 24.5 Å². The van der Waals surface area contributed by atoms with Gasteiger partial charge in [0, 0.05) is 39.0 Å². The zero-order valence-corrected chi connectivity index (χ0v) is 18.4. The van der Waals surface area contributed by atoms with Crippen LogP contribution in [0, 0.1) is 0 Å². The van der Waals surface area contributed by atoms with Crippen molar-refractivity contribution < 1.29 is 33.7 Å². The number of Topliss-reactive ketones (excluding diaryl/α,β-unsaturated/α-hetero) is 1. The first-order valence-corrected chi connectivity index (χ1v) is 11.0. The average molecular weight is 433 g/mol. The van der Waals surface area contributed by atoms with E-state index in [1.54, 1.807) is 0 Å². The first kappa shape index (κ1) is 28.5. The molecule has 1 atom stereocenters. The second kappa shape index (κ2) is 20.7. The molecule has 0 aliphatic heterocycles. The molecule has 4 N–H and O–H groups in total. The SMILES string of the molecule is CCCOCCOCCOCCCNC(=O)CCC(=O)CCCCC[C@H](N)C(=O)O. The van der Waals surface area contributed by atoms with Gasteiger partial charge in [-0.1, -0.05) is 19.8 Å². The molecule has 0 fully saturated rings. The normalized spacial score (nSPS) is 11.9. The summed E-state index contributed by atoms with van der Waals surface area (Å²) < 4.78 is 16.1. The predicted molar refractivity (Wildman–Crippen MR) is 113 cm³/mol. The molecular formula is C21H40N2O7. The molecular weight excluding hydrogens is 392 g/mol. The molecule has 0 rings (SSSR count). The van der Waals surface area contributed by atoms with Crippen LogP contribution >= 0.6 is 0 Å². The third-order valence-electron chi connectivity index (χ3n) is 4.30. The van der Waals surface area contributed by atoms with Gasteiger partial charge in [0.1, 0.15) is 11.8 Å². The van der Waals surface area contributed by atoms with E-state index in [0.29, 0.717) is 71.7 Å². The van der Waals surface area contributed by atoms with Gasteiger partial charge >= 0.3 is 5.97 Å². The van der Waals surface area contributed by atoms with E-state index in [4.69, 9.17) is 25.1 Å². The van der Waals surface area contributed by atoms with Crippen LogP contribution in [0.4, 0.5) is 0 Å². The highest BCUT2D eigenvalue weighted by molar-refractivity contribution is 5.84. The number of ether oxygens (including phenoxy) is 3. The lowest BCUT2D eigenvalue weighted by Crippen LogP contribution is -2.29. The molecule has 0 aliphatic rings. The predicted octanol–water partition coefficient (Wildman–Crippen LogP) is 1.66. The number of hydrogen-bond donors (Lipinski definition) is 3. The largest absolute Gasteiger partial charge is 0.480 e. The van der Waals surface area contributed by atoms with Gasteiger partial charge in [0.15, 0.2) is 0 Å². The Kier molecular flexibility index (Phi) is 19.6. The molecule has 0 radical (unpaired) electrons. The van der Waals surface area contributed by atoms with Crippen molar-refractivity contribution in [2.45, 2.75) is 70.8 Å². The summed E-state index contributed by atoms with van der Waals surface area (Å²) in [5.74, 6) is -1.08. The number of ketones is 1. The van der Waals surface area contributed by atoms with Crippen LogP contribution in [0.25, 0.3) is 0 Å². The number of aliphatic carboxylic acids is 1. The third kappa shape index (κ3) is 19.8. The molecule has 0 aromatic rings. The molecule has 9 heteroatoms. The van der Waals surface area contributed by atoms with E-state index in [2.05, 4.69) is 12.2 Å². The van der Waals surface area contributed by atoms with E-state index in [9.17, 15) is 14.4 Å². The van der Waals surface area contributed by atoms with Gasteiger partial charge in [-0.25, -0.2) is 0 Å². The van der Waals surface area contributed by atoms with Gasteiger partial charge in [-0.15, -0.1) is 0 Å². The number of carboxylic acids is 1. The summed E-state index contributed by atoms with van der Waals surface area (Å²) in [4.78, 5) is 34.1. The molecule has 0 saturated carbocycles. The summed E-state index contributed by atoms with van der Waals surface area (Å²) in [6, 6.07) is -0.835. The van der Waals surface area contributed by atoms with Crippen molar-refractivity contribution in [3.63, 3.8) is 0 Å². The lowest BCUT2D eigenvalue weighted by molar-refractivity contribution is -0.138.